The van der Waals surface area contributed by atoms with Crippen molar-refractivity contribution in [2.24, 2.45) is 17.8 Å². The molecule has 3 atom stereocenters. The van der Waals surface area contributed by atoms with Crippen LogP contribution in [0.4, 0.5) is 4.39 Å². The molecule has 0 amide bonds. The zero-order valence-electron chi connectivity index (χ0n) is 11.6. The molecule has 2 aliphatic rings. The van der Waals surface area contributed by atoms with Crippen molar-refractivity contribution in [3.63, 3.8) is 0 Å². The molecule has 1 unspecified atom stereocenters. The van der Waals surface area contributed by atoms with E-state index in [1.165, 1.54) is 13.1 Å². The van der Waals surface area contributed by atoms with Crippen molar-refractivity contribution in [3.05, 3.63) is 35.6 Å². The van der Waals surface area contributed by atoms with Crippen molar-refractivity contribution in [2.75, 3.05) is 26.2 Å². The predicted octanol–water partition coefficient (Wildman–Crippen LogP) is 2.50. The summed E-state index contributed by atoms with van der Waals surface area (Å²) in [6.45, 7) is 7.54. The van der Waals surface area contributed by atoms with E-state index in [1.807, 2.05) is 12.1 Å². The summed E-state index contributed by atoms with van der Waals surface area (Å²) in [7, 11) is 0. The third-order valence-corrected chi connectivity index (χ3v) is 4.63. The van der Waals surface area contributed by atoms with Crippen LogP contribution in [-0.2, 0) is 6.54 Å². The molecular formula is C16H23FN2. The number of nitrogens with one attached hydrogen (secondary N) is 1. The summed E-state index contributed by atoms with van der Waals surface area (Å²) in [6, 6.07) is 7.17. The van der Waals surface area contributed by atoms with Gasteiger partial charge in [0.15, 0.2) is 0 Å². The molecule has 0 spiro atoms. The first-order chi connectivity index (χ1) is 9.29. The van der Waals surface area contributed by atoms with Crippen LogP contribution in [0.3, 0.4) is 0 Å². The number of hydrogen-bond donors (Lipinski definition) is 1. The maximum atomic E-state index is 13.7. The Labute approximate surface area is 115 Å². The van der Waals surface area contributed by atoms with E-state index in [9.17, 15) is 4.39 Å². The Morgan fingerprint density at radius 1 is 1.26 bits per heavy atom. The van der Waals surface area contributed by atoms with Crippen LogP contribution in [0.2, 0.25) is 0 Å². The second-order valence-electron chi connectivity index (χ2n) is 5.98. The van der Waals surface area contributed by atoms with Crippen LogP contribution >= 0.6 is 0 Å². The molecule has 0 bridgehead atoms. The van der Waals surface area contributed by atoms with Crippen LogP contribution in [0.1, 0.15) is 18.9 Å². The second-order valence-corrected chi connectivity index (χ2v) is 5.98. The number of benzene rings is 1. The van der Waals surface area contributed by atoms with Gasteiger partial charge in [-0.05, 0) is 49.9 Å². The van der Waals surface area contributed by atoms with Crippen molar-refractivity contribution < 1.29 is 4.39 Å². The van der Waals surface area contributed by atoms with Crippen molar-refractivity contribution in [1.82, 2.24) is 10.2 Å². The lowest BCUT2D eigenvalue weighted by Gasteiger charge is -2.23. The van der Waals surface area contributed by atoms with Gasteiger partial charge in [0, 0.05) is 18.7 Å². The van der Waals surface area contributed by atoms with Gasteiger partial charge in [0.05, 0.1) is 0 Å². The molecule has 3 heteroatoms. The highest BCUT2D eigenvalue weighted by Gasteiger charge is 2.52. The quantitative estimate of drug-likeness (QED) is 0.847. The molecule has 0 radical (unpaired) electrons. The maximum absolute atomic E-state index is 13.7. The topological polar surface area (TPSA) is 15.3 Å². The maximum Gasteiger partial charge on any atom is 0.127 e. The fourth-order valence-electron chi connectivity index (χ4n) is 3.53. The van der Waals surface area contributed by atoms with Gasteiger partial charge in [-0.2, -0.15) is 0 Å². The Kier molecular flexibility index (Phi) is 3.85. The van der Waals surface area contributed by atoms with E-state index < -0.39 is 0 Å². The largest absolute Gasteiger partial charge is 0.316 e. The van der Waals surface area contributed by atoms with Crippen LogP contribution in [-0.4, -0.2) is 31.1 Å². The second kappa shape index (κ2) is 5.59. The summed E-state index contributed by atoms with van der Waals surface area (Å²) in [5.74, 6) is 2.56. The summed E-state index contributed by atoms with van der Waals surface area (Å²) in [6.07, 6.45) is 1.13. The Hall–Kier alpha value is -0.930. The molecule has 104 valence electrons. The molecule has 19 heavy (non-hydrogen) atoms. The highest BCUT2D eigenvalue weighted by Crippen LogP contribution is 2.49. The Morgan fingerprint density at radius 3 is 2.68 bits per heavy atom. The molecule has 0 aromatic heterocycles. The first kappa shape index (κ1) is 13.1. The van der Waals surface area contributed by atoms with Gasteiger partial charge in [0.1, 0.15) is 5.82 Å². The van der Waals surface area contributed by atoms with Crippen molar-refractivity contribution in [1.29, 1.82) is 0 Å². The van der Waals surface area contributed by atoms with Gasteiger partial charge in [0.25, 0.3) is 0 Å². The Balaban J connectivity index is 1.60. The average Bonchev–Trinajstić information content (AvgIpc) is 2.85. The summed E-state index contributed by atoms with van der Waals surface area (Å²) < 4.78 is 13.7. The molecule has 1 heterocycles. The van der Waals surface area contributed by atoms with Gasteiger partial charge in [-0.1, -0.05) is 25.1 Å². The first-order valence-electron chi connectivity index (χ1n) is 7.46. The van der Waals surface area contributed by atoms with Crippen LogP contribution < -0.4 is 5.32 Å². The highest BCUT2D eigenvalue weighted by atomic mass is 19.1. The molecule has 2 nitrogen and oxygen atoms in total. The zero-order valence-corrected chi connectivity index (χ0v) is 11.6. The lowest BCUT2D eigenvalue weighted by atomic mass is 10.1. The van der Waals surface area contributed by atoms with Crippen molar-refractivity contribution in [3.8, 4) is 0 Å². The molecule has 1 saturated carbocycles. The third-order valence-electron chi connectivity index (χ3n) is 4.63. The minimum atomic E-state index is -0.0683. The third kappa shape index (κ3) is 2.82. The molecule has 1 aliphatic carbocycles. The number of fused-ring (bicyclic) bond motifs is 1. The number of nitrogens with zero attached hydrogens (tertiary/aromatic N) is 1. The smallest absolute Gasteiger partial charge is 0.127 e. The predicted molar refractivity (Wildman–Crippen MR) is 75.3 cm³/mol. The molecule has 1 aromatic carbocycles. The van der Waals surface area contributed by atoms with E-state index in [2.05, 4.69) is 17.1 Å². The number of rotatable bonds is 6. The number of hydrogen-bond acceptors (Lipinski definition) is 2. The lowest BCUT2D eigenvalue weighted by Crippen LogP contribution is -2.29. The van der Waals surface area contributed by atoms with Gasteiger partial charge in [-0.15, -0.1) is 0 Å². The Morgan fingerprint density at radius 2 is 2.00 bits per heavy atom. The van der Waals surface area contributed by atoms with Gasteiger partial charge >= 0.3 is 0 Å². The number of halogens is 1. The fraction of sp³-hybridized carbons (Fsp3) is 0.625. The average molecular weight is 262 g/mol. The highest BCUT2D eigenvalue weighted by molar-refractivity contribution is 5.17. The summed E-state index contributed by atoms with van der Waals surface area (Å²) in [5, 5.41) is 3.44. The SMILES string of the molecule is CCCN(Cc1ccccc1F)CC1[C@H]2CNC[C@@H]12. The molecular weight excluding hydrogens is 239 g/mol. The summed E-state index contributed by atoms with van der Waals surface area (Å²) >= 11 is 0. The standard InChI is InChI=1S/C16H23FN2/c1-2-7-19(10-12-5-3-4-6-16(12)17)11-15-13-8-18-9-14(13)15/h3-6,13-15,18H,2,7-11H2,1H3/t13-,14+,15?. The summed E-state index contributed by atoms with van der Waals surface area (Å²) in [4.78, 5) is 2.43. The van der Waals surface area contributed by atoms with Crippen LogP contribution in [0.15, 0.2) is 24.3 Å². The van der Waals surface area contributed by atoms with Crippen LogP contribution in [0, 0.1) is 23.6 Å². The van der Waals surface area contributed by atoms with Crippen LogP contribution in [0.25, 0.3) is 0 Å². The van der Waals surface area contributed by atoms with E-state index >= 15 is 0 Å². The van der Waals surface area contributed by atoms with Crippen molar-refractivity contribution >= 4 is 0 Å². The molecule has 1 aromatic rings. The summed E-state index contributed by atoms with van der Waals surface area (Å²) in [5.41, 5.74) is 0.833. The minimum Gasteiger partial charge on any atom is -0.316 e. The molecule has 1 aliphatic heterocycles. The lowest BCUT2D eigenvalue weighted by molar-refractivity contribution is 0.240. The van der Waals surface area contributed by atoms with E-state index in [-0.39, 0.29) is 5.82 Å². The normalized spacial score (nSPS) is 28.7. The monoisotopic (exact) mass is 262 g/mol. The van der Waals surface area contributed by atoms with E-state index in [4.69, 9.17) is 0 Å². The molecule has 2 fully saturated rings. The first-order valence-corrected chi connectivity index (χ1v) is 7.46. The van der Waals surface area contributed by atoms with E-state index in [0.29, 0.717) is 0 Å². The van der Waals surface area contributed by atoms with Gasteiger partial charge < -0.3 is 5.32 Å². The minimum absolute atomic E-state index is 0.0683. The Bertz CT molecular complexity index is 425. The van der Waals surface area contributed by atoms with E-state index in [0.717, 1.165) is 49.4 Å². The van der Waals surface area contributed by atoms with Crippen molar-refractivity contribution in [2.45, 2.75) is 19.9 Å². The number of piperidine rings is 1. The fourth-order valence-corrected chi connectivity index (χ4v) is 3.53. The van der Waals surface area contributed by atoms with Gasteiger partial charge in [-0.3, -0.25) is 4.90 Å². The van der Waals surface area contributed by atoms with E-state index in [1.54, 1.807) is 12.1 Å². The molecule has 1 N–H and O–H groups in total. The zero-order chi connectivity index (χ0) is 13.2. The van der Waals surface area contributed by atoms with Gasteiger partial charge in [0.2, 0.25) is 0 Å². The van der Waals surface area contributed by atoms with Crippen LogP contribution in [0.5, 0.6) is 0 Å². The molecule has 1 saturated heterocycles. The molecule has 3 rings (SSSR count). The van der Waals surface area contributed by atoms with Gasteiger partial charge in [-0.25, -0.2) is 4.39 Å².